The number of benzene rings is 2. The van der Waals surface area contributed by atoms with E-state index in [-0.39, 0.29) is 11.1 Å². The summed E-state index contributed by atoms with van der Waals surface area (Å²) in [7, 11) is 0. The number of rotatable bonds is 7. The third-order valence-corrected chi connectivity index (χ3v) is 4.92. The summed E-state index contributed by atoms with van der Waals surface area (Å²) in [6.45, 7) is 0. The van der Waals surface area contributed by atoms with Crippen LogP contribution in [-0.2, 0) is 12.8 Å². The lowest BCUT2D eigenvalue weighted by Crippen LogP contribution is -2.15. The molecule has 0 unspecified atom stereocenters. The molecule has 0 saturated heterocycles. The fourth-order valence-electron chi connectivity index (χ4n) is 3.41. The normalized spacial score (nSPS) is 11.3. The summed E-state index contributed by atoms with van der Waals surface area (Å²) >= 11 is 0. The average molecular weight is 374 g/mol. The number of aromatic amines is 2. The summed E-state index contributed by atoms with van der Waals surface area (Å²) in [6, 6.07) is 15.1. The Hall–Kier alpha value is -3.28. The van der Waals surface area contributed by atoms with Gasteiger partial charge in [0.2, 0.25) is 0 Å². The maximum absolute atomic E-state index is 12.1. The highest BCUT2D eigenvalue weighted by Crippen LogP contribution is 2.11. The van der Waals surface area contributed by atoms with Crippen LogP contribution < -0.4 is 11.1 Å². The number of H-pyrrole nitrogens is 2. The van der Waals surface area contributed by atoms with Crippen LogP contribution >= 0.6 is 0 Å². The number of fused-ring (bicyclic) bond motifs is 2. The van der Waals surface area contributed by atoms with E-state index in [1.807, 2.05) is 48.5 Å². The van der Waals surface area contributed by atoms with E-state index in [1.165, 1.54) is 0 Å². The number of aryl methyl sites for hydroxylation is 2. The fourth-order valence-corrected chi connectivity index (χ4v) is 3.41. The van der Waals surface area contributed by atoms with E-state index in [1.54, 1.807) is 0 Å². The topological polar surface area (TPSA) is 91.5 Å². The van der Waals surface area contributed by atoms with Crippen LogP contribution in [0.15, 0.2) is 58.1 Å². The van der Waals surface area contributed by atoms with Gasteiger partial charge in [0.1, 0.15) is 11.4 Å². The van der Waals surface area contributed by atoms with Gasteiger partial charge in [-0.05, 0) is 49.9 Å². The first-order valence-corrected chi connectivity index (χ1v) is 9.66. The van der Waals surface area contributed by atoms with E-state index in [0.29, 0.717) is 24.2 Å². The lowest BCUT2D eigenvalue weighted by molar-refractivity contribution is 0.628. The summed E-state index contributed by atoms with van der Waals surface area (Å²) in [5, 5.41) is 0. The van der Waals surface area contributed by atoms with Crippen LogP contribution in [0.25, 0.3) is 22.1 Å². The molecule has 0 fully saturated rings. The van der Waals surface area contributed by atoms with Crippen molar-refractivity contribution in [1.82, 2.24) is 19.9 Å². The molecule has 28 heavy (non-hydrogen) atoms. The summed E-state index contributed by atoms with van der Waals surface area (Å²) in [6.07, 6.45) is 5.09. The molecule has 0 bridgehead atoms. The second-order valence-electron chi connectivity index (χ2n) is 6.97. The first kappa shape index (κ1) is 18.1. The molecule has 0 saturated carbocycles. The molecule has 0 aliphatic rings. The zero-order chi connectivity index (χ0) is 19.3. The quantitative estimate of drug-likeness (QED) is 0.484. The molecule has 0 spiro atoms. The minimum absolute atomic E-state index is 0.106. The van der Waals surface area contributed by atoms with Crippen LogP contribution in [0.2, 0.25) is 0 Å². The van der Waals surface area contributed by atoms with Crippen LogP contribution in [-0.4, -0.2) is 19.9 Å². The molecular weight excluding hydrogens is 352 g/mol. The molecule has 142 valence electrons. The highest BCUT2D eigenvalue weighted by molar-refractivity contribution is 5.74. The van der Waals surface area contributed by atoms with Gasteiger partial charge in [-0.25, -0.2) is 9.97 Å². The molecule has 2 N–H and O–H groups in total. The molecule has 0 aliphatic heterocycles. The third-order valence-electron chi connectivity index (χ3n) is 4.92. The van der Waals surface area contributed by atoms with E-state index in [0.717, 1.165) is 47.8 Å². The van der Waals surface area contributed by atoms with Crippen LogP contribution in [0, 0.1) is 0 Å². The van der Waals surface area contributed by atoms with Gasteiger partial charge in [-0.1, -0.05) is 37.1 Å². The molecular formula is C22H22N4O2. The highest BCUT2D eigenvalue weighted by atomic mass is 16.1. The van der Waals surface area contributed by atoms with E-state index in [9.17, 15) is 9.59 Å². The third kappa shape index (κ3) is 4.01. The van der Waals surface area contributed by atoms with Gasteiger partial charge in [0.05, 0.1) is 22.1 Å². The van der Waals surface area contributed by atoms with Crippen LogP contribution in [0.1, 0.15) is 37.1 Å². The van der Waals surface area contributed by atoms with Crippen molar-refractivity contribution in [1.29, 1.82) is 0 Å². The van der Waals surface area contributed by atoms with Crippen molar-refractivity contribution < 1.29 is 0 Å². The van der Waals surface area contributed by atoms with E-state index in [4.69, 9.17) is 0 Å². The smallest absolute Gasteiger partial charge is 0.270 e. The van der Waals surface area contributed by atoms with E-state index < -0.39 is 0 Å². The monoisotopic (exact) mass is 374 g/mol. The fraction of sp³-hybridized carbons (Fsp3) is 0.273. The Labute approximate surface area is 161 Å². The number of nitrogens with zero attached hydrogens (tertiary/aromatic N) is 2. The molecule has 2 aromatic heterocycles. The van der Waals surface area contributed by atoms with Crippen molar-refractivity contribution in [3.63, 3.8) is 0 Å². The lowest BCUT2D eigenvalue weighted by Gasteiger charge is -2.04. The maximum Gasteiger partial charge on any atom is 0.270 e. The maximum atomic E-state index is 12.1. The molecule has 6 heteroatoms. The van der Waals surface area contributed by atoms with Crippen molar-refractivity contribution in [3.05, 3.63) is 80.6 Å². The first-order valence-electron chi connectivity index (χ1n) is 9.66. The Kier molecular flexibility index (Phi) is 5.28. The van der Waals surface area contributed by atoms with E-state index >= 15 is 0 Å². The summed E-state index contributed by atoms with van der Waals surface area (Å²) < 4.78 is 0. The largest absolute Gasteiger partial charge is 0.319 e. The number of hydrogen-bond acceptors (Lipinski definition) is 4. The summed E-state index contributed by atoms with van der Waals surface area (Å²) in [4.78, 5) is 39.0. The minimum Gasteiger partial charge on any atom is -0.319 e. The minimum atomic E-state index is -0.106. The molecule has 2 aromatic carbocycles. The van der Waals surface area contributed by atoms with Gasteiger partial charge < -0.3 is 9.97 Å². The second kappa shape index (κ2) is 8.17. The average Bonchev–Trinajstić information content (AvgIpc) is 2.71. The molecule has 2 heterocycles. The van der Waals surface area contributed by atoms with Crippen molar-refractivity contribution in [2.75, 3.05) is 0 Å². The van der Waals surface area contributed by atoms with Gasteiger partial charge in [-0.3, -0.25) is 9.59 Å². The van der Waals surface area contributed by atoms with Gasteiger partial charge in [-0.15, -0.1) is 0 Å². The van der Waals surface area contributed by atoms with Crippen molar-refractivity contribution >= 4 is 22.1 Å². The predicted molar refractivity (Wildman–Crippen MR) is 111 cm³/mol. The Morgan fingerprint density at radius 2 is 1.04 bits per heavy atom. The number of unbranched alkanes of at least 4 members (excludes halogenated alkanes) is 3. The number of nitrogens with one attached hydrogen (secondary N) is 2. The van der Waals surface area contributed by atoms with Gasteiger partial charge in [-0.2, -0.15) is 0 Å². The van der Waals surface area contributed by atoms with Crippen molar-refractivity contribution in [2.45, 2.75) is 38.5 Å². The Morgan fingerprint density at radius 1 is 0.607 bits per heavy atom. The molecule has 0 atom stereocenters. The number of hydrogen-bond donors (Lipinski definition) is 2. The SMILES string of the molecule is O=c1[nH]c2ccccc2nc1CCCCCCc1nc2ccccc2[nH]c1=O. The molecule has 4 aromatic rings. The van der Waals surface area contributed by atoms with Crippen molar-refractivity contribution in [2.24, 2.45) is 0 Å². The zero-order valence-electron chi connectivity index (χ0n) is 15.6. The van der Waals surface area contributed by atoms with E-state index in [2.05, 4.69) is 19.9 Å². The van der Waals surface area contributed by atoms with Crippen LogP contribution in [0.3, 0.4) is 0 Å². The predicted octanol–water partition coefficient (Wildman–Crippen LogP) is 3.51. The molecule has 0 radical (unpaired) electrons. The second-order valence-corrected chi connectivity index (χ2v) is 6.97. The molecule has 4 rings (SSSR count). The summed E-state index contributed by atoms with van der Waals surface area (Å²) in [5.74, 6) is 0. The zero-order valence-corrected chi connectivity index (χ0v) is 15.6. The van der Waals surface area contributed by atoms with Crippen LogP contribution in [0.4, 0.5) is 0 Å². The number of para-hydroxylation sites is 4. The van der Waals surface area contributed by atoms with Gasteiger partial charge in [0.15, 0.2) is 0 Å². The molecule has 6 nitrogen and oxygen atoms in total. The molecule has 0 amide bonds. The summed E-state index contributed by atoms with van der Waals surface area (Å²) in [5.41, 5.74) is 4.14. The standard InChI is InChI=1S/C22H22N4O2/c27-21-19(23-15-9-5-7-11-17(15)25-21)13-3-1-2-4-14-20-22(28)26-18-12-8-6-10-16(18)24-20/h5-12H,1-4,13-14H2,(H,25,27)(H,26,28). The first-order chi connectivity index (χ1) is 13.7. The number of aromatic nitrogens is 4. The van der Waals surface area contributed by atoms with Gasteiger partial charge in [0.25, 0.3) is 11.1 Å². The highest BCUT2D eigenvalue weighted by Gasteiger charge is 2.06. The van der Waals surface area contributed by atoms with Gasteiger partial charge >= 0.3 is 0 Å². The van der Waals surface area contributed by atoms with Crippen LogP contribution in [0.5, 0.6) is 0 Å². The Morgan fingerprint density at radius 3 is 1.50 bits per heavy atom. The molecule has 0 aliphatic carbocycles. The van der Waals surface area contributed by atoms with Crippen molar-refractivity contribution in [3.8, 4) is 0 Å². The van der Waals surface area contributed by atoms with Gasteiger partial charge in [0, 0.05) is 0 Å². The Bertz CT molecular complexity index is 1130. The Balaban J connectivity index is 1.29. The lowest BCUT2D eigenvalue weighted by atomic mass is 10.1.